The molecule has 1 heterocycles. The van der Waals surface area contributed by atoms with Gasteiger partial charge in [-0.2, -0.15) is 0 Å². The average molecular weight is 215 g/mol. The largest absolute Gasteiger partial charge is 0.468 e. The first-order valence-electron chi connectivity index (χ1n) is 4.84. The van der Waals surface area contributed by atoms with Crippen molar-refractivity contribution in [1.82, 2.24) is 5.32 Å². The second-order valence-electron chi connectivity index (χ2n) is 4.27. The van der Waals surface area contributed by atoms with E-state index < -0.39 is 11.1 Å². The molecule has 15 heavy (non-hydrogen) atoms. The molecule has 0 aromatic rings. The van der Waals surface area contributed by atoms with Crippen LogP contribution in [0.1, 0.15) is 26.7 Å². The third-order valence-corrected chi connectivity index (χ3v) is 2.95. The monoisotopic (exact) mass is 215 g/mol. The summed E-state index contributed by atoms with van der Waals surface area (Å²) in [6.07, 6.45) is 1.12. The molecule has 1 fully saturated rings. The summed E-state index contributed by atoms with van der Waals surface area (Å²) >= 11 is 0. The summed E-state index contributed by atoms with van der Waals surface area (Å²) in [5.74, 6) is -0.703. The minimum absolute atomic E-state index is 0.352. The summed E-state index contributed by atoms with van der Waals surface area (Å²) in [4.78, 5) is 23.0. The molecule has 5 heteroatoms. The second kappa shape index (κ2) is 3.81. The number of carbonyl (C=O) groups is 2. The maximum atomic E-state index is 11.5. The van der Waals surface area contributed by atoms with E-state index in [9.17, 15) is 9.59 Å². The quantitative estimate of drug-likeness (QED) is 0.668. The van der Waals surface area contributed by atoms with Crippen LogP contribution >= 0.6 is 0 Å². The van der Waals surface area contributed by atoms with Crippen molar-refractivity contribution < 1.29 is 19.1 Å². The van der Waals surface area contributed by atoms with Crippen molar-refractivity contribution in [3.05, 3.63) is 0 Å². The first-order valence-corrected chi connectivity index (χ1v) is 4.84. The number of rotatable bonds is 2. The Morgan fingerprint density at radius 2 is 1.33 bits per heavy atom. The highest BCUT2D eigenvalue weighted by molar-refractivity contribution is 5.86. The van der Waals surface area contributed by atoms with Crippen LogP contribution in [-0.4, -0.2) is 37.2 Å². The zero-order valence-corrected chi connectivity index (χ0v) is 9.55. The van der Waals surface area contributed by atoms with E-state index in [4.69, 9.17) is 9.47 Å². The molecule has 1 N–H and O–H groups in total. The van der Waals surface area contributed by atoms with Gasteiger partial charge in [0.05, 0.1) is 14.2 Å². The van der Waals surface area contributed by atoms with Gasteiger partial charge in [-0.15, -0.1) is 0 Å². The fourth-order valence-electron chi connectivity index (χ4n) is 1.99. The van der Waals surface area contributed by atoms with Crippen molar-refractivity contribution >= 4 is 11.9 Å². The van der Waals surface area contributed by atoms with Crippen molar-refractivity contribution in [1.29, 1.82) is 0 Å². The van der Waals surface area contributed by atoms with Crippen LogP contribution in [-0.2, 0) is 19.1 Å². The van der Waals surface area contributed by atoms with Crippen LogP contribution in [0.2, 0.25) is 0 Å². The fraction of sp³-hybridized carbons (Fsp3) is 0.800. The SMILES string of the molecule is COC(=O)C1(C)CCC(C)(C(=O)OC)N1. The molecular weight excluding hydrogens is 198 g/mol. The van der Waals surface area contributed by atoms with Crippen molar-refractivity contribution in [3.63, 3.8) is 0 Å². The molecule has 5 nitrogen and oxygen atoms in total. The lowest BCUT2D eigenvalue weighted by Gasteiger charge is -2.27. The first-order chi connectivity index (χ1) is 6.88. The number of ether oxygens (including phenoxy) is 2. The Morgan fingerprint density at radius 1 is 1.00 bits per heavy atom. The molecule has 0 spiro atoms. The van der Waals surface area contributed by atoms with E-state index in [1.165, 1.54) is 14.2 Å². The number of carbonyl (C=O) groups excluding carboxylic acids is 2. The van der Waals surface area contributed by atoms with Crippen molar-refractivity contribution in [2.24, 2.45) is 0 Å². The molecule has 1 aliphatic rings. The van der Waals surface area contributed by atoms with Crippen LogP contribution in [0.3, 0.4) is 0 Å². The van der Waals surface area contributed by atoms with Crippen LogP contribution in [0.15, 0.2) is 0 Å². The molecule has 0 aliphatic carbocycles. The zero-order chi connectivity index (χ0) is 11.7. The molecule has 1 rings (SSSR count). The van der Waals surface area contributed by atoms with E-state index in [2.05, 4.69) is 5.32 Å². The Hall–Kier alpha value is -1.10. The Bertz CT molecular complexity index is 263. The summed E-state index contributed by atoms with van der Waals surface area (Å²) in [6, 6.07) is 0. The van der Waals surface area contributed by atoms with Gasteiger partial charge in [0, 0.05) is 0 Å². The minimum atomic E-state index is -0.794. The predicted octanol–water partition coefficient (Wildman–Crippen LogP) is 0.233. The van der Waals surface area contributed by atoms with E-state index in [1.54, 1.807) is 13.8 Å². The van der Waals surface area contributed by atoms with Gasteiger partial charge in [0.15, 0.2) is 0 Å². The van der Waals surface area contributed by atoms with Crippen molar-refractivity contribution in [3.8, 4) is 0 Å². The van der Waals surface area contributed by atoms with Gasteiger partial charge in [-0.1, -0.05) is 0 Å². The smallest absolute Gasteiger partial charge is 0.325 e. The normalized spacial score (nSPS) is 34.9. The number of hydrogen-bond donors (Lipinski definition) is 1. The van der Waals surface area contributed by atoms with Gasteiger partial charge in [0.1, 0.15) is 11.1 Å². The van der Waals surface area contributed by atoms with Gasteiger partial charge in [-0.3, -0.25) is 14.9 Å². The van der Waals surface area contributed by atoms with Gasteiger partial charge in [0.25, 0.3) is 0 Å². The first kappa shape index (κ1) is 12.0. The fourth-order valence-corrected chi connectivity index (χ4v) is 1.99. The maximum Gasteiger partial charge on any atom is 0.325 e. The lowest BCUT2D eigenvalue weighted by atomic mass is 9.98. The van der Waals surface area contributed by atoms with Crippen LogP contribution in [0.25, 0.3) is 0 Å². The lowest BCUT2D eigenvalue weighted by Crippen LogP contribution is -2.56. The maximum absolute atomic E-state index is 11.5. The third kappa shape index (κ3) is 1.97. The molecule has 0 saturated carbocycles. The Labute approximate surface area is 89.1 Å². The summed E-state index contributed by atoms with van der Waals surface area (Å²) in [7, 11) is 2.67. The molecule has 0 bridgehead atoms. The highest BCUT2D eigenvalue weighted by Gasteiger charge is 2.51. The Kier molecular flexibility index (Phi) is 3.04. The topological polar surface area (TPSA) is 64.6 Å². The van der Waals surface area contributed by atoms with Crippen molar-refractivity contribution in [2.45, 2.75) is 37.8 Å². The molecule has 1 saturated heterocycles. The molecular formula is C10H17NO4. The van der Waals surface area contributed by atoms with E-state index in [1.807, 2.05) is 0 Å². The predicted molar refractivity (Wildman–Crippen MR) is 53.2 cm³/mol. The number of esters is 2. The van der Waals surface area contributed by atoms with Crippen LogP contribution in [0.4, 0.5) is 0 Å². The van der Waals surface area contributed by atoms with E-state index >= 15 is 0 Å². The summed E-state index contributed by atoms with van der Waals surface area (Å²) in [5.41, 5.74) is -1.59. The lowest BCUT2D eigenvalue weighted by molar-refractivity contribution is -0.150. The van der Waals surface area contributed by atoms with Gasteiger partial charge in [-0.25, -0.2) is 0 Å². The number of methoxy groups -OCH3 is 2. The molecule has 0 amide bonds. The summed E-state index contributed by atoms with van der Waals surface area (Å²) < 4.78 is 9.38. The Morgan fingerprint density at radius 3 is 1.60 bits per heavy atom. The molecule has 1 aliphatic heterocycles. The molecule has 2 unspecified atom stereocenters. The van der Waals surface area contributed by atoms with Gasteiger partial charge in [0.2, 0.25) is 0 Å². The van der Waals surface area contributed by atoms with Crippen molar-refractivity contribution in [2.75, 3.05) is 14.2 Å². The summed E-state index contributed by atoms with van der Waals surface area (Å²) in [5, 5.41) is 3.00. The number of nitrogens with one attached hydrogen (secondary N) is 1. The molecule has 86 valence electrons. The third-order valence-electron chi connectivity index (χ3n) is 2.95. The standard InChI is InChI=1S/C10H17NO4/c1-9(7(12)14-3)5-6-10(2,11-9)8(13)15-4/h11H,5-6H2,1-4H3. The minimum Gasteiger partial charge on any atom is -0.468 e. The van der Waals surface area contributed by atoms with Crippen LogP contribution in [0, 0.1) is 0 Å². The summed E-state index contributed by atoms with van der Waals surface area (Å²) in [6.45, 7) is 3.46. The van der Waals surface area contributed by atoms with E-state index in [0.29, 0.717) is 12.8 Å². The van der Waals surface area contributed by atoms with Gasteiger partial charge in [-0.05, 0) is 26.7 Å². The van der Waals surface area contributed by atoms with E-state index in [0.717, 1.165) is 0 Å². The van der Waals surface area contributed by atoms with Crippen LogP contribution < -0.4 is 5.32 Å². The second-order valence-corrected chi connectivity index (χ2v) is 4.27. The molecule has 0 aromatic heterocycles. The Balaban J connectivity index is 2.82. The van der Waals surface area contributed by atoms with E-state index in [-0.39, 0.29) is 11.9 Å². The zero-order valence-electron chi connectivity index (χ0n) is 9.55. The molecule has 0 radical (unpaired) electrons. The highest BCUT2D eigenvalue weighted by Crippen LogP contribution is 2.32. The van der Waals surface area contributed by atoms with Gasteiger partial charge >= 0.3 is 11.9 Å². The van der Waals surface area contributed by atoms with Gasteiger partial charge < -0.3 is 9.47 Å². The molecule has 2 atom stereocenters. The van der Waals surface area contributed by atoms with Crippen LogP contribution in [0.5, 0.6) is 0 Å². The molecule has 0 aromatic carbocycles. The average Bonchev–Trinajstić information content (AvgIpc) is 2.55. The number of hydrogen-bond acceptors (Lipinski definition) is 5. The highest BCUT2D eigenvalue weighted by atomic mass is 16.5.